The van der Waals surface area contributed by atoms with Gasteiger partial charge in [0.15, 0.2) is 0 Å². The third kappa shape index (κ3) is 3.69. The van der Waals surface area contributed by atoms with Crippen molar-refractivity contribution in [1.82, 2.24) is 20.4 Å². The maximum absolute atomic E-state index is 11.8. The fraction of sp³-hybridized carbons (Fsp3) is 0.125. The molecule has 8 heteroatoms. The number of aromatic nitrogens is 3. The van der Waals surface area contributed by atoms with Crippen LogP contribution in [0, 0.1) is 0 Å². The van der Waals surface area contributed by atoms with E-state index < -0.39 is 0 Å². The predicted octanol–water partition coefficient (Wildman–Crippen LogP) is 2.33. The summed E-state index contributed by atoms with van der Waals surface area (Å²) in [5, 5.41) is 22.0. The fourth-order valence-electron chi connectivity index (χ4n) is 2.15. The van der Waals surface area contributed by atoms with E-state index in [1.54, 1.807) is 16.8 Å². The molecule has 24 heavy (non-hydrogen) atoms. The Bertz CT molecular complexity index is 906. The van der Waals surface area contributed by atoms with Crippen LogP contribution < -0.4 is 5.43 Å². The number of para-hydroxylation sites is 1. The van der Waals surface area contributed by atoms with Gasteiger partial charge in [-0.25, -0.2) is 10.1 Å². The number of benzene rings is 2. The Kier molecular flexibility index (Phi) is 4.72. The molecule has 1 amide bonds. The quantitative estimate of drug-likeness (QED) is 0.549. The predicted molar refractivity (Wildman–Crippen MR) is 91.0 cm³/mol. The van der Waals surface area contributed by atoms with E-state index in [0.717, 1.165) is 11.0 Å². The maximum atomic E-state index is 11.8. The van der Waals surface area contributed by atoms with Crippen LogP contribution in [0.15, 0.2) is 47.6 Å². The second-order valence-corrected chi connectivity index (χ2v) is 5.48. The number of fused-ring (bicyclic) bond motifs is 1. The van der Waals surface area contributed by atoms with Crippen LogP contribution in [0.1, 0.15) is 12.0 Å². The third-order valence-corrected chi connectivity index (χ3v) is 3.59. The number of nitrogens with one attached hydrogen (secondary N) is 1. The molecule has 0 aliphatic carbocycles. The summed E-state index contributed by atoms with van der Waals surface area (Å²) in [5.74, 6) is -0.237. The number of hydrazone groups is 1. The molecule has 0 spiro atoms. The molecule has 122 valence electrons. The first-order valence-electron chi connectivity index (χ1n) is 7.22. The average molecular weight is 344 g/mol. The highest BCUT2D eigenvalue weighted by Crippen LogP contribution is 2.19. The molecule has 0 saturated heterocycles. The standard InChI is InChI=1S/C16H14ClN5O2/c17-12-5-6-15(23)11(9-12)10-18-20-16(24)7-8-22-14-4-2-1-3-13(14)19-21-22/h1-6,9-10,23H,7-8H2,(H,20,24)/b18-10+. The number of hydrogen-bond donors (Lipinski definition) is 2. The van der Waals surface area contributed by atoms with Gasteiger partial charge in [-0.2, -0.15) is 5.10 Å². The molecule has 1 aromatic heterocycles. The van der Waals surface area contributed by atoms with Gasteiger partial charge in [0.2, 0.25) is 5.91 Å². The highest BCUT2D eigenvalue weighted by atomic mass is 35.5. The van der Waals surface area contributed by atoms with Crippen LogP contribution in [0.2, 0.25) is 5.02 Å². The molecule has 0 bridgehead atoms. The van der Waals surface area contributed by atoms with E-state index in [0.29, 0.717) is 17.1 Å². The van der Waals surface area contributed by atoms with Gasteiger partial charge in [-0.05, 0) is 30.3 Å². The zero-order valence-electron chi connectivity index (χ0n) is 12.6. The van der Waals surface area contributed by atoms with Crippen molar-refractivity contribution in [2.24, 2.45) is 5.10 Å². The summed E-state index contributed by atoms with van der Waals surface area (Å²) in [6, 6.07) is 12.1. The molecule has 0 aliphatic heterocycles. The van der Waals surface area contributed by atoms with Crippen LogP contribution in [-0.2, 0) is 11.3 Å². The molecule has 0 unspecified atom stereocenters. The molecule has 0 fully saturated rings. The zero-order valence-corrected chi connectivity index (χ0v) is 13.3. The van der Waals surface area contributed by atoms with Crippen LogP contribution >= 0.6 is 11.6 Å². The van der Waals surface area contributed by atoms with E-state index in [4.69, 9.17) is 11.6 Å². The zero-order chi connectivity index (χ0) is 16.9. The van der Waals surface area contributed by atoms with Gasteiger partial charge in [-0.15, -0.1) is 5.10 Å². The summed E-state index contributed by atoms with van der Waals surface area (Å²) < 4.78 is 1.67. The van der Waals surface area contributed by atoms with Crippen molar-refractivity contribution in [3.8, 4) is 5.75 Å². The molecule has 0 aliphatic rings. The van der Waals surface area contributed by atoms with Crippen molar-refractivity contribution in [2.75, 3.05) is 0 Å². The number of rotatable bonds is 5. The van der Waals surface area contributed by atoms with E-state index in [1.807, 2.05) is 24.3 Å². The van der Waals surface area contributed by atoms with E-state index in [1.165, 1.54) is 12.3 Å². The monoisotopic (exact) mass is 343 g/mol. The molecule has 3 aromatic rings. The molecule has 0 saturated carbocycles. The molecule has 1 heterocycles. The first kappa shape index (κ1) is 15.9. The first-order valence-corrected chi connectivity index (χ1v) is 7.60. The lowest BCUT2D eigenvalue weighted by molar-refractivity contribution is -0.121. The van der Waals surface area contributed by atoms with Crippen molar-refractivity contribution in [1.29, 1.82) is 0 Å². The van der Waals surface area contributed by atoms with Crippen LogP contribution in [0.25, 0.3) is 11.0 Å². The normalized spacial score (nSPS) is 11.2. The summed E-state index contributed by atoms with van der Waals surface area (Å²) in [6.07, 6.45) is 1.54. The Morgan fingerprint density at radius 3 is 3.04 bits per heavy atom. The van der Waals surface area contributed by atoms with E-state index in [9.17, 15) is 9.90 Å². The van der Waals surface area contributed by atoms with Crippen LogP contribution in [0.3, 0.4) is 0 Å². The van der Waals surface area contributed by atoms with Crippen LogP contribution in [0.5, 0.6) is 5.75 Å². The van der Waals surface area contributed by atoms with Gasteiger partial charge in [0, 0.05) is 17.0 Å². The number of aryl methyl sites for hydroxylation is 1. The smallest absolute Gasteiger partial charge is 0.241 e. The summed E-state index contributed by atoms with van der Waals surface area (Å²) in [5.41, 5.74) is 4.48. The number of carbonyl (C=O) groups is 1. The minimum absolute atomic E-state index is 0.0338. The minimum atomic E-state index is -0.271. The summed E-state index contributed by atoms with van der Waals surface area (Å²) in [4.78, 5) is 11.8. The van der Waals surface area contributed by atoms with Gasteiger partial charge in [-0.3, -0.25) is 4.79 Å². The number of aromatic hydroxyl groups is 1. The highest BCUT2D eigenvalue weighted by Gasteiger charge is 2.06. The van der Waals surface area contributed by atoms with Gasteiger partial charge in [0.05, 0.1) is 18.3 Å². The maximum Gasteiger partial charge on any atom is 0.241 e. The Hall–Kier alpha value is -2.93. The second kappa shape index (κ2) is 7.10. The molecular formula is C16H14ClN5O2. The average Bonchev–Trinajstić information content (AvgIpc) is 2.99. The second-order valence-electron chi connectivity index (χ2n) is 5.05. The summed E-state index contributed by atoms with van der Waals surface area (Å²) >= 11 is 5.84. The lowest BCUT2D eigenvalue weighted by atomic mass is 10.2. The Balaban J connectivity index is 1.56. The largest absolute Gasteiger partial charge is 0.507 e. The Morgan fingerprint density at radius 2 is 2.17 bits per heavy atom. The van der Waals surface area contributed by atoms with Gasteiger partial charge in [0.1, 0.15) is 11.3 Å². The third-order valence-electron chi connectivity index (χ3n) is 3.35. The van der Waals surface area contributed by atoms with Crippen molar-refractivity contribution < 1.29 is 9.90 Å². The van der Waals surface area contributed by atoms with E-state index in [-0.39, 0.29) is 18.1 Å². The lowest BCUT2D eigenvalue weighted by Crippen LogP contribution is -2.19. The number of phenols is 1. The number of nitrogens with zero attached hydrogens (tertiary/aromatic N) is 4. The number of phenolic OH excluding ortho intramolecular Hbond substituents is 1. The van der Waals surface area contributed by atoms with E-state index in [2.05, 4.69) is 20.8 Å². The highest BCUT2D eigenvalue weighted by molar-refractivity contribution is 6.30. The summed E-state index contributed by atoms with van der Waals surface area (Å²) in [7, 11) is 0. The molecule has 0 radical (unpaired) electrons. The number of hydrogen-bond acceptors (Lipinski definition) is 5. The van der Waals surface area contributed by atoms with Crippen LogP contribution in [-0.4, -0.2) is 32.2 Å². The Labute approximate surface area is 142 Å². The number of amides is 1. The molecule has 2 aromatic carbocycles. The molecule has 0 atom stereocenters. The molecular weight excluding hydrogens is 330 g/mol. The topological polar surface area (TPSA) is 92.4 Å². The molecule has 2 N–H and O–H groups in total. The first-order chi connectivity index (χ1) is 11.6. The minimum Gasteiger partial charge on any atom is -0.507 e. The molecule has 7 nitrogen and oxygen atoms in total. The van der Waals surface area contributed by atoms with Gasteiger partial charge in [0.25, 0.3) is 0 Å². The van der Waals surface area contributed by atoms with Gasteiger partial charge < -0.3 is 5.11 Å². The van der Waals surface area contributed by atoms with E-state index >= 15 is 0 Å². The number of carbonyl (C=O) groups excluding carboxylic acids is 1. The van der Waals surface area contributed by atoms with Crippen LogP contribution in [0.4, 0.5) is 0 Å². The summed E-state index contributed by atoms with van der Waals surface area (Å²) in [6.45, 7) is 0.393. The SMILES string of the molecule is O=C(CCn1nnc2ccccc21)N/N=C/c1cc(Cl)ccc1O. The fourth-order valence-corrected chi connectivity index (χ4v) is 2.33. The molecule has 3 rings (SSSR count). The lowest BCUT2D eigenvalue weighted by Gasteiger charge is -2.02. The van der Waals surface area contributed by atoms with Crippen molar-refractivity contribution in [3.05, 3.63) is 53.1 Å². The van der Waals surface area contributed by atoms with Crippen molar-refractivity contribution in [2.45, 2.75) is 13.0 Å². The van der Waals surface area contributed by atoms with Crippen molar-refractivity contribution in [3.63, 3.8) is 0 Å². The number of halogens is 1. The Morgan fingerprint density at radius 1 is 1.33 bits per heavy atom. The van der Waals surface area contributed by atoms with Crippen molar-refractivity contribution >= 4 is 34.8 Å². The van der Waals surface area contributed by atoms with Gasteiger partial charge >= 0.3 is 0 Å². The van der Waals surface area contributed by atoms with Gasteiger partial charge in [-0.1, -0.05) is 28.9 Å².